The molecule has 246 valence electrons. The molecule has 0 bridgehead atoms. The highest BCUT2D eigenvalue weighted by molar-refractivity contribution is 7.95. The molecule has 0 aliphatic rings. The predicted molar refractivity (Wildman–Crippen MR) is 181 cm³/mol. The maximum absolute atomic E-state index is 15.6. The maximum atomic E-state index is 15.6. The molecule has 0 amide bonds. The quantitative estimate of drug-likeness (QED) is 0.111. The number of aliphatic hydroxyl groups is 1. The first-order valence-electron chi connectivity index (χ1n) is 14.8. The van der Waals surface area contributed by atoms with Crippen LogP contribution >= 0.6 is 23.6 Å². The smallest absolute Gasteiger partial charge is 0.422 e. The molecule has 7 aromatic rings. The van der Waals surface area contributed by atoms with Gasteiger partial charge in [0.1, 0.15) is 22.8 Å². The fraction of sp³-hybridized carbons (Fsp3) is 0.0833. The predicted octanol–water partition coefficient (Wildman–Crippen LogP) is 9.13. The van der Waals surface area contributed by atoms with Crippen LogP contribution in [0.1, 0.15) is 33.1 Å². The van der Waals surface area contributed by atoms with Crippen molar-refractivity contribution in [2.24, 2.45) is 0 Å². The summed E-state index contributed by atoms with van der Waals surface area (Å²) in [6.45, 7) is 0. The number of rotatable bonds is 9. The molecule has 13 heteroatoms. The number of fused-ring (bicyclic) bond motifs is 2. The lowest BCUT2D eigenvalue weighted by molar-refractivity contribution is -0.272. The van der Waals surface area contributed by atoms with E-state index in [2.05, 4.69) is 19.9 Å². The molecule has 2 atom stereocenters. The third-order valence-corrected chi connectivity index (χ3v) is 9.20. The van der Waals surface area contributed by atoms with Gasteiger partial charge in [0.05, 0.1) is 22.9 Å². The average Bonchev–Trinajstić information content (AvgIpc) is 3.72. The van der Waals surface area contributed by atoms with Crippen LogP contribution in [-0.4, -0.2) is 42.3 Å². The van der Waals surface area contributed by atoms with E-state index in [1.807, 2.05) is 24.3 Å². The summed E-state index contributed by atoms with van der Waals surface area (Å²) in [5.41, 5.74) is -1.85. The van der Waals surface area contributed by atoms with Crippen molar-refractivity contribution in [1.29, 1.82) is 0 Å². The van der Waals surface area contributed by atoms with E-state index in [-0.39, 0.29) is 38.3 Å². The lowest BCUT2D eigenvalue weighted by Crippen LogP contribution is -2.48. The Morgan fingerprint density at radius 1 is 0.837 bits per heavy atom. The SMILES string of the molecule is O=C(O)c1ccnc(SOc2ccc(C(c3cc4ccccc4[nH]3)C(O)(c3ccnc(-c4cc5ccccc5[nH]4)c3)C(F)(F)F)c(Cl)c2)c1. The molecule has 0 radical (unpaired) electrons. The van der Waals surface area contributed by atoms with Gasteiger partial charge in [0.2, 0.25) is 0 Å². The Hall–Kier alpha value is -5.30. The first-order valence-corrected chi connectivity index (χ1v) is 15.9. The van der Waals surface area contributed by atoms with Crippen LogP contribution in [0.15, 0.2) is 121 Å². The number of para-hydroxylation sites is 2. The Labute approximate surface area is 285 Å². The summed E-state index contributed by atoms with van der Waals surface area (Å²) in [6.07, 6.45) is -2.65. The second kappa shape index (κ2) is 12.6. The van der Waals surface area contributed by atoms with Gasteiger partial charge in [-0.2, -0.15) is 13.2 Å². The summed E-state index contributed by atoms with van der Waals surface area (Å²) in [6, 6.07) is 26.9. The van der Waals surface area contributed by atoms with Crippen LogP contribution in [0.2, 0.25) is 5.02 Å². The third-order valence-electron chi connectivity index (χ3n) is 8.21. The molecule has 3 aromatic carbocycles. The zero-order chi connectivity index (χ0) is 34.3. The number of aromatic nitrogens is 4. The highest BCUT2D eigenvalue weighted by Crippen LogP contribution is 2.53. The first kappa shape index (κ1) is 32.3. The number of aromatic amines is 2. The molecule has 8 nitrogen and oxygen atoms in total. The van der Waals surface area contributed by atoms with Gasteiger partial charge in [0.15, 0.2) is 5.60 Å². The van der Waals surface area contributed by atoms with Gasteiger partial charge in [-0.15, -0.1) is 0 Å². The molecule has 7 rings (SSSR count). The van der Waals surface area contributed by atoms with Crippen LogP contribution in [-0.2, 0) is 5.60 Å². The van der Waals surface area contributed by atoms with Crippen molar-refractivity contribution in [2.75, 3.05) is 0 Å². The largest absolute Gasteiger partial charge is 0.478 e. The number of hydrogen-bond donors (Lipinski definition) is 4. The number of alkyl halides is 3. The number of pyridine rings is 2. The summed E-state index contributed by atoms with van der Waals surface area (Å²) in [5, 5.41) is 23.1. The molecule has 4 aromatic heterocycles. The topological polar surface area (TPSA) is 124 Å². The minimum absolute atomic E-state index is 0.00547. The van der Waals surface area contributed by atoms with E-state index in [9.17, 15) is 15.0 Å². The summed E-state index contributed by atoms with van der Waals surface area (Å²) in [4.78, 5) is 26.0. The molecule has 4 heterocycles. The second-order valence-electron chi connectivity index (χ2n) is 11.2. The number of carbonyl (C=O) groups is 1. The first-order chi connectivity index (χ1) is 23.5. The van der Waals surface area contributed by atoms with Gasteiger partial charge in [-0.05, 0) is 71.1 Å². The Morgan fingerprint density at radius 3 is 2.20 bits per heavy atom. The highest BCUT2D eigenvalue weighted by atomic mass is 35.5. The standard InChI is InChI=1S/C36H24ClF3N4O4S/c37-26-19-24(48-49-32-17-22(34(45)46)11-13-42-32)9-10-25(26)33(31-16-21-6-2-4-8-28(21)44-31)35(47,36(38,39)40)23-12-14-41-29(18-23)30-15-20-5-1-3-7-27(20)43-30/h1-19,33,43-44,47H,(H,45,46). The lowest BCUT2D eigenvalue weighted by Gasteiger charge is -2.38. The zero-order valence-electron chi connectivity index (χ0n) is 25.1. The van der Waals surface area contributed by atoms with Crippen LogP contribution in [0, 0.1) is 0 Å². The zero-order valence-corrected chi connectivity index (χ0v) is 26.6. The monoisotopic (exact) mass is 700 g/mol. The molecule has 49 heavy (non-hydrogen) atoms. The van der Waals surface area contributed by atoms with Crippen LogP contribution in [0.5, 0.6) is 5.75 Å². The molecule has 0 aliphatic heterocycles. The van der Waals surface area contributed by atoms with E-state index in [0.29, 0.717) is 16.6 Å². The molecular weight excluding hydrogens is 677 g/mol. The normalized spacial score (nSPS) is 13.7. The number of halogens is 4. The highest BCUT2D eigenvalue weighted by Gasteiger charge is 2.61. The van der Waals surface area contributed by atoms with E-state index in [1.165, 1.54) is 48.8 Å². The second-order valence-corrected chi connectivity index (χ2v) is 12.4. The van der Waals surface area contributed by atoms with Crippen molar-refractivity contribution in [2.45, 2.75) is 22.7 Å². The molecule has 4 N–H and O–H groups in total. The van der Waals surface area contributed by atoms with Gasteiger partial charge in [0.25, 0.3) is 0 Å². The minimum Gasteiger partial charge on any atom is -0.478 e. The van der Waals surface area contributed by atoms with E-state index in [4.69, 9.17) is 15.8 Å². The molecular formula is C36H24ClF3N4O4S. The fourth-order valence-electron chi connectivity index (χ4n) is 5.86. The Morgan fingerprint density at radius 2 is 1.53 bits per heavy atom. The Bertz CT molecular complexity index is 2280. The van der Waals surface area contributed by atoms with Crippen molar-refractivity contribution in [3.63, 3.8) is 0 Å². The molecule has 2 unspecified atom stereocenters. The number of nitrogens with one attached hydrogen (secondary N) is 2. The van der Waals surface area contributed by atoms with Gasteiger partial charge in [0, 0.05) is 45.6 Å². The van der Waals surface area contributed by atoms with E-state index in [1.54, 1.807) is 36.4 Å². The van der Waals surface area contributed by atoms with Crippen molar-refractivity contribution in [1.82, 2.24) is 19.9 Å². The van der Waals surface area contributed by atoms with Gasteiger partial charge >= 0.3 is 12.1 Å². The summed E-state index contributed by atoms with van der Waals surface area (Å²) >= 11 is 7.50. The minimum atomic E-state index is -5.21. The number of H-pyrrole nitrogens is 2. The molecule has 0 saturated carbocycles. The third kappa shape index (κ3) is 6.10. The maximum Gasteiger partial charge on any atom is 0.422 e. The molecule has 0 saturated heterocycles. The number of benzene rings is 3. The number of carboxylic acid groups (broad SMARTS) is 1. The number of nitrogens with zero attached hydrogens (tertiary/aromatic N) is 2. The lowest BCUT2D eigenvalue weighted by atomic mass is 9.74. The van der Waals surface area contributed by atoms with Crippen LogP contribution in [0.4, 0.5) is 13.2 Å². The molecule has 0 spiro atoms. The van der Waals surface area contributed by atoms with Gasteiger partial charge in [-0.3, -0.25) is 4.98 Å². The summed E-state index contributed by atoms with van der Waals surface area (Å²) < 4.78 is 52.4. The van der Waals surface area contributed by atoms with Gasteiger partial charge < -0.3 is 24.4 Å². The van der Waals surface area contributed by atoms with E-state index < -0.39 is 29.2 Å². The Kier molecular flexibility index (Phi) is 8.31. The number of carboxylic acids is 1. The summed E-state index contributed by atoms with van der Waals surface area (Å²) in [5.74, 6) is -2.75. The van der Waals surface area contributed by atoms with E-state index >= 15 is 13.2 Å². The van der Waals surface area contributed by atoms with Crippen molar-refractivity contribution >= 4 is 51.4 Å². The van der Waals surface area contributed by atoms with Crippen LogP contribution in [0.25, 0.3) is 33.2 Å². The Balaban J connectivity index is 1.33. The number of aromatic carboxylic acids is 1. The van der Waals surface area contributed by atoms with Gasteiger partial charge in [-0.1, -0.05) is 54.1 Å². The molecule has 0 aliphatic carbocycles. The van der Waals surface area contributed by atoms with Crippen LogP contribution < -0.4 is 4.18 Å². The average molecular weight is 701 g/mol. The van der Waals surface area contributed by atoms with Gasteiger partial charge in [-0.25, -0.2) is 9.78 Å². The van der Waals surface area contributed by atoms with Crippen molar-refractivity contribution in [3.05, 3.63) is 143 Å². The van der Waals surface area contributed by atoms with Crippen molar-refractivity contribution in [3.8, 4) is 17.1 Å². The fourth-order valence-corrected chi connectivity index (χ4v) is 6.71. The van der Waals surface area contributed by atoms with Crippen molar-refractivity contribution < 1.29 is 32.4 Å². The van der Waals surface area contributed by atoms with E-state index in [0.717, 1.165) is 29.0 Å². The molecule has 0 fully saturated rings. The summed E-state index contributed by atoms with van der Waals surface area (Å²) in [7, 11) is 0. The number of hydrogen-bond acceptors (Lipinski definition) is 6. The van der Waals surface area contributed by atoms with Crippen LogP contribution in [0.3, 0.4) is 0 Å².